The summed E-state index contributed by atoms with van der Waals surface area (Å²) in [6.07, 6.45) is 5.07. The quantitative estimate of drug-likeness (QED) is 0.853. The number of amides is 1. The normalized spacial score (nSPS) is 20.3. The maximum Gasteiger partial charge on any atom is 0.261 e. The van der Waals surface area contributed by atoms with Gasteiger partial charge in [0.05, 0.1) is 17.6 Å². The molecule has 1 fully saturated rings. The summed E-state index contributed by atoms with van der Waals surface area (Å²) in [5, 5.41) is 3.10. The average Bonchev–Trinajstić information content (AvgIpc) is 3.11. The summed E-state index contributed by atoms with van der Waals surface area (Å²) in [7, 11) is 0. The van der Waals surface area contributed by atoms with Gasteiger partial charge in [0.25, 0.3) is 5.91 Å². The Morgan fingerprint density at radius 1 is 1.26 bits per heavy atom. The van der Waals surface area contributed by atoms with Crippen molar-refractivity contribution in [2.75, 3.05) is 19.7 Å². The SMILES string of the molecule is CC1CN(Cc2cccc(CNC(=O)c3cc4c(s3)CCCC4)c2)CCO1. The molecule has 27 heavy (non-hydrogen) atoms. The van der Waals surface area contributed by atoms with Gasteiger partial charge in [-0.05, 0) is 55.4 Å². The maximum absolute atomic E-state index is 12.6. The summed E-state index contributed by atoms with van der Waals surface area (Å²) in [6, 6.07) is 10.7. The molecular weight excluding hydrogens is 356 g/mol. The van der Waals surface area contributed by atoms with E-state index in [2.05, 4.69) is 47.5 Å². The predicted octanol–water partition coefficient (Wildman–Crippen LogP) is 3.78. The number of ether oxygens (including phenoxy) is 1. The molecule has 0 saturated carbocycles. The molecule has 1 aromatic heterocycles. The molecule has 1 N–H and O–H groups in total. The molecule has 4 nitrogen and oxygen atoms in total. The molecule has 4 rings (SSSR count). The largest absolute Gasteiger partial charge is 0.376 e. The highest BCUT2D eigenvalue weighted by atomic mass is 32.1. The van der Waals surface area contributed by atoms with Crippen molar-refractivity contribution in [2.24, 2.45) is 0 Å². The van der Waals surface area contributed by atoms with E-state index in [1.165, 1.54) is 28.8 Å². The van der Waals surface area contributed by atoms with Gasteiger partial charge in [-0.2, -0.15) is 0 Å². The van der Waals surface area contributed by atoms with E-state index in [4.69, 9.17) is 4.74 Å². The smallest absolute Gasteiger partial charge is 0.261 e. The lowest BCUT2D eigenvalue weighted by atomic mass is 9.99. The zero-order valence-corrected chi connectivity index (χ0v) is 16.8. The van der Waals surface area contributed by atoms with E-state index < -0.39 is 0 Å². The van der Waals surface area contributed by atoms with Crippen molar-refractivity contribution in [3.8, 4) is 0 Å². The standard InChI is InChI=1S/C22H28N2O2S/c1-16-14-24(9-10-26-16)15-18-6-4-5-17(11-18)13-23-22(25)21-12-19-7-2-3-8-20(19)27-21/h4-6,11-12,16H,2-3,7-10,13-15H2,1H3,(H,23,25). The van der Waals surface area contributed by atoms with Crippen LogP contribution in [-0.4, -0.2) is 36.6 Å². The molecule has 5 heteroatoms. The van der Waals surface area contributed by atoms with E-state index in [0.717, 1.165) is 49.5 Å². The maximum atomic E-state index is 12.6. The topological polar surface area (TPSA) is 41.6 Å². The third-order valence-electron chi connectivity index (χ3n) is 5.40. The Bertz CT molecular complexity index is 778. The molecule has 1 unspecified atom stereocenters. The summed E-state index contributed by atoms with van der Waals surface area (Å²) >= 11 is 1.67. The molecule has 0 bridgehead atoms. The second-order valence-electron chi connectivity index (χ2n) is 7.69. The number of fused-ring (bicyclic) bond motifs is 1. The van der Waals surface area contributed by atoms with Crippen molar-refractivity contribution in [1.29, 1.82) is 0 Å². The fourth-order valence-corrected chi connectivity index (χ4v) is 5.17. The second kappa shape index (κ2) is 8.55. The number of nitrogens with one attached hydrogen (secondary N) is 1. The van der Waals surface area contributed by atoms with E-state index in [0.29, 0.717) is 12.6 Å². The Morgan fingerprint density at radius 2 is 2.11 bits per heavy atom. The molecule has 1 atom stereocenters. The number of hydrogen-bond acceptors (Lipinski definition) is 4. The van der Waals surface area contributed by atoms with Crippen LogP contribution in [0.3, 0.4) is 0 Å². The molecule has 2 aliphatic rings. The Kier molecular flexibility index (Phi) is 5.91. The molecule has 1 amide bonds. The molecule has 2 aromatic rings. The average molecular weight is 385 g/mol. The lowest BCUT2D eigenvalue weighted by Crippen LogP contribution is -2.40. The molecule has 2 heterocycles. The summed E-state index contributed by atoms with van der Waals surface area (Å²) in [5.41, 5.74) is 3.84. The van der Waals surface area contributed by atoms with Crippen LogP contribution in [0.1, 0.15) is 51.0 Å². The summed E-state index contributed by atoms with van der Waals surface area (Å²) in [5.74, 6) is 0.0572. The zero-order valence-electron chi connectivity index (χ0n) is 16.0. The number of thiophene rings is 1. The predicted molar refractivity (Wildman–Crippen MR) is 109 cm³/mol. The van der Waals surface area contributed by atoms with Gasteiger partial charge < -0.3 is 10.1 Å². The van der Waals surface area contributed by atoms with Crippen molar-refractivity contribution >= 4 is 17.2 Å². The van der Waals surface area contributed by atoms with Gasteiger partial charge in [-0.1, -0.05) is 24.3 Å². The van der Waals surface area contributed by atoms with Crippen LogP contribution < -0.4 is 5.32 Å². The minimum atomic E-state index is 0.0572. The first kappa shape index (κ1) is 18.7. The van der Waals surface area contributed by atoms with Crippen LogP contribution in [0.15, 0.2) is 30.3 Å². The zero-order chi connectivity index (χ0) is 18.6. The van der Waals surface area contributed by atoms with Crippen molar-refractivity contribution in [2.45, 2.75) is 51.8 Å². The van der Waals surface area contributed by atoms with E-state index >= 15 is 0 Å². The van der Waals surface area contributed by atoms with Crippen LogP contribution in [0.2, 0.25) is 0 Å². The summed E-state index contributed by atoms with van der Waals surface area (Å²) in [6.45, 7) is 6.41. The van der Waals surface area contributed by atoms with Crippen LogP contribution in [0, 0.1) is 0 Å². The Hall–Kier alpha value is -1.69. The van der Waals surface area contributed by atoms with Crippen LogP contribution >= 0.6 is 11.3 Å². The summed E-state index contributed by atoms with van der Waals surface area (Å²) < 4.78 is 5.62. The van der Waals surface area contributed by atoms with Crippen molar-refractivity contribution in [3.63, 3.8) is 0 Å². The second-order valence-corrected chi connectivity index (χ2v) is 8.82. The number of rotatable bonds is 5. The minimum Gasteiger partial charge on any atom is -0.376 e. The lowest BCUT2D eigenvalue weighted by molar-refractivity contribution is -0.0212. The van der Waals surface area contributed by atoms with Crippen LogP contribution in [0.5, 0.6) is 0 Å². The Balaban J connectivity index is 1.34. The van der Waals surface area contributed by atoms with Crippen LogP contribution in [-0.2, 0) is 30.7 Å². The van der Waals surface area contributed by atoms with E-state index in [9.17, 15) is 4.79 Å². The number of hydrogen-bond donors (Lipinski definition) is 1. The first-order valence-electron chi connectivity index (χ1n) is 9.99. The van der Waals surface area contributed by atoms with Gasteiger partial charge in [-0.25, -0.2) is 0 Å². The van der Waals surface area contributed by atoms with Crippen LogP contribution in [0.25, 0.3) is 0 Å². The number of carbonyl (C=O) groups excluding carboxylic acids is 1. The van der Waals surface area contributed by atoms with Gasteiger partial charge in [-0.3, -0.25) is 9.69 Å². The van der Waals surface area contributed by atoms with Crippen molar-refractivity contribution in [3.05, 3.63) is 56.8 Å². The van der Waals surface area contributed by atoms with Gasteiger partial charge >= 0.3 is 0 Å². The minimum absolute atomic E-state index is 0.0572. The monoisotopic (exact) mass is 384 g/mol. The number of morpholine rings is 1. The van der Waals surface area contributed by atoms with Gasteiger partial charge in [0.2, 0.25) is 0 Å². The van der Waals surface area contributed by atoms with E-state index in [1.54, 1.807) is 11.3 Å². The molecular formula is C22H28N2O2S. The highest BCUT2D eigenvalue weighted by Gasteiger charge is 2.18. The third kappa shape index (κ3) is 4.78. The van der Waals surface area contributed by atoms with Gasteiger partial charge in [0.1, 0.15) is 0 Å². The fraction of sp³-hybridized carbons (Fsp3) is 0.500. The first-order valence-corrected chi connectivity index (χ1v) is 10.8. The number of carbonyl (C=O) groups is 1. The molecule has 1 aliphatic heterocycles. The molecule has 1 aliphatic carbocycles. The number of nitrogens with zero attached hydrogens (tertiary/aromatic N) is 1. The lowest BCUT2D eigenvalue weighted by Gasteiger charge is -2.31. The molecule has 1 aromatic carbocycles. The number of aryl methyl sites for hydroxylation is 2. The number of benzene rings is 1. The fourth-order valence-electron chi connectivity index (χ4n) is 4.00. The molecule has 1 saturated heterocycles. The Labute approximate surface area is 165 Å². The van der Waals surface area contributed by atoms with Crippen LogP contribution in [0.4, 0.5) is 0 Å². The van der Waals surface area contributed by atoms with E-state index in [1.807, 2.05) is 0 Å². The molecule has 0 radical (unpaired) electrons. The van der Waals surface area contributed by atoms with Gasteiger partial charge in [0.15, 0.2) is 0 Å². The van der Waals surface area contributed by atoms with Gasteiger partial charge in [0, 0.05) is 31.1 Å². The molecule has 0 spiro atoms. The summed E-state index contributed by atoms with van der Waals surface area (Å²) in [4.78, 5) is 17.3. The molecule has 144 valence electrons. The van der Waals surface area contributed by atoms with Crippen molar-refractivity contribution < 1.29 is 9.53 Å². The van der Waals surface area contributed by atoms with Gasteiger partial charge in [-0.15, -0.1) is 11.3 Å². The highest BCUT2D eigenvalue weighted by molar-refractivity contribution is 7.14. The highest BCUT2D eigenvalue weighted by Crippen LogP contribution is 2.29. The first-order chi connectivity index (χ1) is 13.2. The Morgan fingerprint density at radius 3 is 2.96 bits per heavy atom. The van der Waals surface area contributed by atoms with Crippen molar-refractivity contribution in [1.82, 2.24) is 10.2 Å². The van der Waals surface area contributed by atoms with E-state index in [-0.39, 0.29) is 5.91 Å². The third-order valence-corrected chi connectivity index (χ3v) is 6.63.